The van der Waals surface area contributed by atoms with Crippen LogP contribution in [0.3, 0.4) is 0 Å². The molecule has 0 saturated carbocycles. The number of carbonyl (C=O) groups excluding carboxylic acids is 1. The minimum absolute atomic E-state index is 0.136. The van der Waals surface area contributed by atoms with Gasteiger partial charge in [0.15, 0.2) is 0 Å². The summed E-state index contributed by atoms with van der Waals surface area (Å²) in [7, 11) is 1.68. The number of ether oxygens (including phenoxy) is 1. The molecule has 0 unspecified atom stereocenters. The molecule has 27 heavy (non-hydrogen) atoms. The Morgan fingerprint density at radius 3 is 2.56 bits per heavy atom. The van der Waals surface area contributed by atoms with E-state index >= 15 is 0 Å². The molecule has 6 heteroatoms. The van der Waals surface area contributed by atoms with Gasteiger partial charge in [-0.3, -0.25) is 4.79 Å². The third-order valence-corrected chi connectivity index (χ3v) is 4.76. The summed E-state index contributed by atoms with van der Waals surface area (Å²) >= 11 is 0. The molecule has 0 bridgehead atoms. The van der Waals surface area contributed by atoms with Crippen molar-refractivity contribution in [2.45, 2.75) is 6.42 Å². The summed E-state index contributed by atoms with van der Waals surface area (Å²) in [5.41, 5.74) is 2.44. The molecule has 0 aliphatic carbocycles. The van der Waals surface area contributed by atoms with E-state index in [-0.39, 0.29) is 5.91 Å². The van der Waals surface area contributed by atoms with E-state index in [4.69, 9.17) is 10.00 Å². The van der Waals surface area contributed by atoms with Gasteiger partial charge in [0, 0.05) is 39.1 Å². The Kier molecular flexibility index (Phi) is 6.16. The molecule has 1 amide bonds. The number of nitrogens with one attached hydrogen (secondary N) is 1. The molecule has 1 saturated heterocycles. The lowest BCUT2D eigenvalue weighted by Crippen LogP contribution is -2.49. The monoisotopic (exact) mass is 364 g/mol. The first-order valence-electron chi connectivity index (χ1n) is 9.11. The number of rotatable bonds is 6. The van der Waals surface area contributed by atoms with Crippen LogP contribution in [0.25, 0.3) is 0 Å². The molecule has 3 rings (SSSR count). The van der Waals surface area contributed by atoms with Crippen molar-refractivity contribution in [1.82, 2.24) is 4.90 Å². The van der Waals surface area contributed by atoms with Crippen molar-refractivity contribution in [1.29, 1.82) is 5.26 Å². The highest BCUT2D eigenvalue weighted by molar-refractivity contribution is 5.77. The van der Waals surface area contributed by atoms with E-state index in [0.29, 0.717) is 31.6 Å². The number of piperazine rings is 1. The largest absolute Gasteiger partial charge is 0.495 e. The second kappa shape index (κ2) is 8.95. The smallest absolute Gasteiger partial charge is 0.224 e. The summed E-state index contributed by atoms with van der Waals surface area (Å²) in [4.78, 5) is 16.6. The molecule has 0 spiro atoms. The van der Waals surface area contributed by atoms with Gasteiger partial charge in [0.25, 0.3) is 0 Å². The first-order valence-corrected chi connectivity index (χ1v) is 9.11. The molecule has 2 aromatic carbocycles. The Morgan fingerprint density at radius 1 is 1.11 bits per heavy atom. The predicted octanol–water partition coefficient (Wildman–Crippen LogP) is 2.72. The lowest BCUT2D eigenvalue weighted by atomic mass is 10.2. The van der Waals surface area contributed by atoms with Crippen LogP contribution in [0, 0.1) is 11.3 Å². The average Bonchev–Trinajstić information content (AvgIpc) is 2.74. The number of anilines is 2. The van der Waals surface area contributed by atoms with E-state index in [2.05, 4.69) is 16.3 Å². The van der Waals surface area contributed by atoms with Crippen molar-refractivity contribution in [3.8, 4) is 11.8 Å². The van der Waals surface area contributed by atoms with Gasteiger partial charge in [-0.25, -0.2) is 0 Å². The lowest BCUT2D eigenvalue weighted by Gasteiger charge is -2.36. The predicted molar refractivity (Wildman–Crippen MR) is 106 cm³/mol. The number of hydrogen-bond acceptors (Lipinski definition) is 5. The number of methoxy groups -OCH3 is 1. The highest BCUT2D eigenvalue weighted by Crippen LogP contribution is 2.28. The molecule has 2 aromatic rings. The molecule has 1 N–H and O–H groups in total. The molecule has 140 valence electrons. The Bertz CT molecular complexity index is 823. The van der Waals surface area contributed by atoms with E-state index in [1.807, 2.05) is 47.4 Å². The van der Waals surface area contributed by atoms with Crippen molar-refractivity contribution < 1.29 is 9.53 Å². The van der Waals surface area contributed by atoms with Crippen LogP contribution in [0.15, 0.2) is 48.5 Å². The standard InChI is InChI=1S/C21H24N4O2/c1-27-20-9-5-4-8-19(20)24-12-14-25(15-13-24)21(26)10-11-23-18-7-3-2-6-17(18)16-22/h2-9,23H,10-15H2,1H3. The molecule has 6 nitrogen and oxygen atoms in total. The van der Waals surface area contributed by atoms with E-state index in [0.717, 1.165) is 30.2 Å². The third kappa shape index (κ3) is 4.50. The first-order chi connectivity index (χ1) is 13.2. The number of carbonyl (C=O) groups is 1. The summed E-state index contributed by atoms with van der Waals surface area (Å²) in [6, 6.07) is 17.4. The molecule has 1 aliphatic rings. The number of benzene rings is 2. The van der Waals surface area contributed by atoms with Crippen LogP contribution >= 0.6 is 0 Å². The maximum Gasteiger partial charge on any atom is 0.224 e. The van der Waals surface area contributed by atoms with Crippen LogP contribution in [-0.4, -0.2) is 50.6 Å². The third-order valence-electron chi connectivity index (χ3n) is 4.76. The molecule has 0 radical (unpaired) electrons. The van der Waals surface area contributed by atoms with E-state index in [1.54, 1.807) is 13.2 Å². The molecular weight excluding hydrogens is 340 g/mol. The summed E-state index contributed by atoms with van der Waals surface area (Å²) in [6.07, 6.45) is 0.411. The minimum Gasteiger partial charge on any atom is -0.495 e. The number of nitrogens with zero attached hydrogens (tertiary/aromatic N) is 3. The fourth-order valence-corrected chi connectivity index (χ4v) is 3.28. The van der Waals surface area contributed by atoms with Gasteiger partial charge >= 0.3 is 0 Å². The Hall–Kier alpha value is -3.20. The van der Waals surface area contributed by atoms with Crippen LogP contribution in [0.5, 0.6) is 5.75 Å². The van der Waals surface area contributed by atoms with Gasteiger partial charge in [0.2, 0.25) is 5.91 Å². The highest BCUT2D eigenvalue weighted by Gasteiger charge is 2.22. The topological polar surface area (TPSA) is 68.6 Å². The second-order valence-corrected chi connectivity index (χ2v) is 6.37. The van der Waals surface area contributed by atoms with Crippen molar-refractivity contribution in [2.24, 2.45) is 0 Å². The van der Waals surface area contributed by atoms with E-state index in [9.17, 15) is 4.79 Å². The highest BCUT2D eigenvalue weighted by atomic mass is 16.5. The van der Waals surface area contributed by atoms with Crippen LogP contribution in [0.1, 0.15) is 12.0 Å². The average molecular weight is 364 g/mol. The fourth-order valence-electron chi connectivity index (χ4n) is 3.28. The van der Waals surface area contributed by atoms with E-state index < -0.39 is 0 Å². The van der Waals surface area contributed by atoms with Gasteiger partial charge in [0.1, 0.15) is 11.8 Å². The zero-order valence-electron chi connectivity index (χ0n) is 15.5. The van der Waals surface area contributed by atoms with Crippen molar-refractivity contribution in [2.75, 3.05) is 50.1 Å². The van der Waals surface area contributed by atoms with Gasteiger partial charge in [-0.15, -0.1) is 0 Å². The van der Waals surface area contributed by atoms with E-state index in [1.165, 1.54) is 0 Å². The SMILES string of the molecule is COc1ccccc1N1CCN(C(=O)CCNc2ccccc2C#N)CC1. The Balaban J connectivity index is 1.48. The van der Waals surface area contributed by atoms with Crippen molar-refractivity contribution in [3.05, 3.63) is 54.1 Å². The number of nitriles is 1. The van der Waals surface area contributed by atoms with Gasteiger partial charge in [-0.1, -0.05) is 24.3 Å². The fraction of sp³-hybridized carbons (Fsp3) is 0.333. The lowest BCUT2D eigenvalue weighted by molar-refractivity contribution is -0.131. The molecule has 0 atom stereocenters. The summed E-state index contributed by atoms with van der Waals surface area (Å²) < 4.78 is 5.43. The zero-order valence-corrected chi connectivity index (χ0v) is 15.5. The first kappa shape index (κ1) is 18.6. The minimum atomic E-state index is 0.136. The second-order valence-electron chi connectivity index (χ2n) is 6.37. The van der Waals surface area contributed by atoms with Gasteiger partial charge < -0.3 is 19.9 Å². The van der Waals surface area contributed by atoms with Crippen LogP contribution in [0.2, 0.25) is 0 Å². The normalized spacial score (nSPS) is 13.8. The Labute approximate surface area is 160 Å². The van der Waals surface area contributed by atoms with Gasteiger partial charge in [-0.2, -0.15) is 5.26 Å². The van der Waals surface area contributed by atoms with Crippen LogP contribution < -0.4 is 15.0 Å². The van der Waals surface area contributed by atoms with Crippen molar-refractivity contribution >= 4 is 17.3 Å². The quantitative estimate of drug-likeness (QED) is 0.854. The molecular formula is C21H24N4O2. The Morgan fingerprint density at radius 2 is 1.81 bits per heavy atom. The molecule has 1 fully saturated rings. The van der Waals surface area contributed by atoms with Gasteiger partial charge in [0.05, 0.1) is 24.0 Å². The maximum atomic E-state index is 12.5. The zero-order chi connectivity index (χ0) is 19.1. The summed E-state index contributed by atoms with van der Waals surface area (Å²) in [6.45, 7) is 3.50. The number of amides is 1. The molecule has 1 aliphatic heterocycles. The van der Waals surface area contributed by atoms with Crippen LogP contribution in [0.4, 0.5) is 11.4 Å². The van der Waals surface area contributed by atoms with Crippen LogP contribution in [-0.2, 0) is 4.79 Å². The number of para-hydroxylation sites is 3. The molecule has 0 aromatic heterocycles. The van der Waals surface area contributed by atoms with Crippen molar-refractivity contribution in [3.63, 3.8) is 0 Å². The maximum absolute atomic E-state index is 12.5. The number of hydrogen-bond donors (Lipinski definition) is 1. The summed E-state index contributed by atoms with van der Waals surface area (Å²) in [5, 5.41) is 12.3. The summed E-state index contributed by atoms with van der Waals surface area (Å²) in [5.74, 6) is 0.995. The molecule has 1 heterocycles. The van der Waals surface area contributed by atoms with Gasteiger partial charge in [-0.05, 0) is 24.3 Å².